The van der Waals surface area contributed by atoms with Crippen molar-refractivity contribution in [2.24, 2.45) is 5.92 Å². The molecule has 2 heterocycles. The Morgan fingerprint density at radius 3 is 2.84 bits per heavy atom. The second-order valence-corrected chi connectivity index (χ2v) is 5.26. The van der Waals surface area contributed by atoms with Crippen LogP contribution in [-0.2, 0) is 0 Å². The number of anilines is 1. The van der Waals surface area contributed by atoms with Gasteiger partial charge in [-0.15, -0.1) is 5.10 Å². The minimum atomic E-state index is 0.668. The number of tetrazole rings is 1. The predicted molar refractivity (Wildman–Crippen MR) is 75.0 cm³/mol. The Balaban J connectivity index is 1.67. The van der Waals surface area contributed by atoms with Gasteiger partial charge < -0.3 is 5.32 Å². The normalized spacial score (nSPS) is 11.3. The first-order chi connectivity index (χ1) is 9.27. The summed E-state index contributed by atoms with van der Waals surface area (Å²) in [6, 6.07) is 0. The van der Waals surface area contributed by atoms with Crippen LogP contribution in [0.4, 0.5) is 5.82 Å². The first-order valence-corrected chi connectivity index (χ1v) is 7.03. The van der Waals surface area contributed by atoms with Crippen molar-refractivity contribution in [2.45, 2.75) is 46.0 Å². The molecular weight excluding hydrogens is 240 g/mol. The molecule has 0 radical (unpaired) electrons. The molecule has 0 aliphatic carbocycles. The van der Waals surface area contributed by atoms with E-state index in [9.17, 15) is 0 Å². The van der Waals surface area contributed by atoms with E-state index in [1.165, 1.54) is 25.7 Å². The van der Waals surface area contributed by atoms with E-state index in [2.05, 4.69) is 39.7 Å². The number of unbranched alkanes of at least 4 members (excludes halogenated alkanes) is 3. The van der Waals surface area contributed by atoms with Gasteiger partial charge in [-0.05, 0) is 22.8 Å². The van der Waals surface area contributed by atoms with E-state index in [-0.39, 0.29) is 0 Å². The molecule has 0 fully saturated rings. The summed E-state index contributed by atoms with van der Waals surface area (Å²) in [5.41, 5.74) is 0.668. The highest BCUT2D eigenvalue weighted by molar-refractivity contribution is 5.43. The van der Waals surface area contributed by atoms with Crippen LogP contribution in [0.25, 0.3) is 5.65 Å². The fourth-order valence-corrected chi connectivity index (χ4v) is 2.04. The lowest BCUT2D eigenvalue weighted by molar-refractivity contribution is 0.523. The van der Waals surface area contributed by atoms with Crippen molar-refractivity contribution in [3.63, 3.8) is 0 Å². The number of aromatic nitrogens is 5. The van der Waals surface area contributed by atoms with Gasteiger partial charge in [0.15, 0.2) is 5.65 Å². The Morgan fingerprint density at radius 1 is 1.16 bits per heavy atom. The van der Waals surface area contributed by atoms with E-state index in [0.29, 0.717) is 5.65 Å². The van der Waals surface area contributed by atoms with E-state index in [0.717, 1.165) is 24.7 Å². The molecule has 0 atom stereocenters. The molecule has 0 aliphatic heterocycles. The average Bonchev–Trinajstić information content (AvgIpc) is 2.86. The van der Waals surface area contributed by atoms with E-state index in [1.807, 2.05) is 0 Å². The Morgan fingerprint density at radius 2 is 2.00 bits per heavy atom. The summed E-state index contributed by atoms with van der Waals surface area (Å²) in [5.74, 6) is 1.67. The van der Waals surface area contributed by atoms with E-state index in [1.54, 1.807) is 16.9 Å². The first-order valence-electron chi connectivity index (χ1n) is 7.03. The topological polar surface area (TPSA) is 68.0 Å². The van der Waals surface area contributed by atoms with Gasteiger partial charge in [0, 0.05) is 6.54 Å². The largest absolute Gasteiger partial charge is 0.369 e. The molecule has 6 heteroatoms. The molecule has 2 rings (SSSR count). The van der Waals surface area contributed by atoms with Gasteiger partial charge in [-0.3, -0.25) is 4.98 Å². The van der Waals surface area contributed by atoms with Crippen molar-refractivity contribution >= 4 is 11.5 Å². The fraction of sp³-hybridized carbons (Fsp3) is 0.692. The van der Waals surface area contributed by atoms with Crippen LogP contribution in [-0.4, -0.2) is 31.6 Å². The summed E-state index contributed by atoms with van der Waals surface area (Å²) in [4.78, 5) is 4.11. The summed E-state index contributed by atoms with van der Waals surface area (Å²) < 4.78 is 1.67. The Bertz CT molecular complexity index is 493. The van der Waals surface area contributed by atoms with Crippen LogP contribution in [0.15, 0.2) is 12.4 Å². The van der Waals surface area contributed by atoms with Crippen molar-refractivity contribution in [3.05, 3.63) is 12.4 Å². The zero-order valence-electron chi connectivity index (χ0n) is 11.7. The lowest BCUT2D eigenvalue weighted by Crippen LogP contribution is -2.07. The third-order valence-corrected chi connectivity index (χ3v) is 3.12. The zero-order chi connectivity index (χ0) is 13.5. The van der Waals surface area contributed by atoms with E-state index >= 15 is 0 Å². The quantitative estimate of drug-likeness (QED) is 0.740. The third-order valence-electron chi connectivity index (χ3n) is 3.12. The molecule has 2 aromatic rings. The van der Waals surface area contributed by atoms with Crippen LogP contribution in [0.1, 0.15) is 46.0 Å². The number of hydrogen-bond donors (Lipinski definition) is 1. The minimum Gasteiger partial charge on any atom is -0.369 e. The predicted octanol–water partition coefficient (Wildman–Crippen LogP) is 2.54. The van der Waals surface area contributed by atoms with Gasteiger partial charge in [-0.2, -0.15) is 4.52 Å². The zero-order valence-corrected chi connectivity index (χ0v) is 11.7. The Labute approximate surface area is 113 Å². The lowest BCUT2D eigenvalue weighted by Gasteiger charge is -2.07. The molecule has 19 heavy (non-hydrogen) atoms. The lowest BCUT2D eigenvalue weighted by atomic mass is 10.0. The third kappa shape index (κ3) is 4.15. The number of nitrogens with zero attached hydrogens (tertiary/aromatic N) is 5. The molecular formula is C13H22N6. The highest BCUT2D eigenvalue weighted by atomic mass is 15.5. The summed E-state index contributed by atoms with van der Waals surface area (Å²) >= 11 is 0. The van der Waals surface area contributed by atoms with E-state index in [4.69, 9.17) is 0 Å². The fourth-order valence-electron chi connectivity index (χ4n) is 2.04. The number of nitrogens with one attached hydrogen (secondary N) is 1. The second kappa shape index (κ2) is 7.01. The van der Waals surface area contributed by atoms with Gasteiger partial charge in [0.1, 0.15) is 5.82 Å². The van der Waals surface area contributed by atoms with Gasteiger partial charge in [-0.25, -0.2) is 0 Å². The van der Waals surface area contributed by atoms with Crippen molar-refractivity contribution in [3.8, 4) is 0 Å². The molecule has 104 valence electrons. The SMILES string of the molecule is CC(C)CCCCCCNc1cncc2nnnn12. The molecule has 0 spiro atoms. The van der Waals surface area contributed by atoms with Gasteiger partial charge in [0.2, 0.25) is 0 Å². The van der Waals surface area contributed by atoms with Gasteiger partial charge in [0.05, 0.1) is 12.4 Å². The molecule has 2 aromatic heterocycles. The summed E-state index contributed by atoms with van der Waals surface area (Å²) in [6.45, 7) is 5.49. The number of fused-ring (bicyclic) bond motifs is 1. The van der Waals surface area contributed by atoms with Gasteiger partial charge in [-0.1, -0.05) is 39.5 Å². The molecule has 1 N–H and O–H groups in total. The Kier molecular flexibility index (Phi) is 5.06. The molecule has 0 aliphatic rings. The monoisotopic (exact) mass is 262 g/mol. The number of rotatable bonds is 8. The minimum absolute atomic E-state index is 0.668. The molecule has 0 amide bonds. The molecule has 0 aromatic carbocycles. The smallest absolute Gasteiger partial charge is 0.199 e. The van der Waals surface area contributed by atoms with Crippen molar-refractivity contribution in [1.29, 1.82) is 0 Å². The van der Waals surface area contributed by atoms with Crippen LogP contribution in [0.3, 0.4) is 0 Å². The summed E-state index contributed by atoms with van der Waals surface area (Å²) in [7, 11) is 0. The number of hydrogen-bond acceptors (Lipinski definition) is 5. The maximum absolute atomic E-state index is 4.11. The van der Waals surface area contributed by atoms with E-state index < -0.39 is 0 Å². The molecule has 0 saturated heterocycles. The maximum atomic E-state index is 4.11. The molecule has 0 bridgehead atoms. The van der Waals surface area contributed by atoms with Gasteiger partial charge >= 0.3 is 0 Å². The highest BCUT2D eigenvalue weighted by Gasteiger charge is 2.02. The second-order valence-electron chi connectivity index (χ2n) is 5.26. The molecule has 0 saturated carbocycles. The Hall–Kier alpha value is -1.72. The van der Waals surface area contributed by atoms with Crippen LogP contribution in [0, 0.1) is 5.92 Å². The van der Waals surface area contributed by atoms with Crippen molar-refractivity contribution < 1.29 is 0 Å². The highest BCUT2D eigenvalue weighted by Crippen LogP contribution is 2.10. The standard InChI is InChI=1S/C13H22N6/c1-11(2)7-5-3-4-6-8-15-12-9-14-10-13-16-17-18-19(12)13/h9-11,15H,3-8H2,1-2H3. The van der Waals surface area contributed by atoms with Crippen molar-refractivity contribution in [2.75, 3.05) is 11.9 Å². The van der Waals surface area contributed by atoms with Crippen LogP contribution in [0.2, 0.25) is 0 Å². The molecule has 6 nitrogen and oxygen atoms in total. The van der Waals surface area contributed by atoms with Crippen molar-refractivity contribution in [1.82, 2.24) is 25.0 Å². The summed E-state index contributed by atoms with van der Waals surface area (Å²) in [5, 5.41) is 14.7. The maximum Gasteiger partial charge on any atom is 0.199 e. The van der Waals surface area contributed by atoms with Crippen LogP contribution >= 0.6 is 0 Å². The van der Waals surface area contributed by atoms with Crippen LogP contribution < -0.4 is 5.32 Å². The van der Waals surface area contributed by atoms with Gasteiger partial charge in [0.25, 0.3) is 0 Å². The van der Waals surface area contributed by atoms with Crippen LogP contribution in [0.5, 0.6) is 0 Å². The average molecular weight is 262 g/mol. The first kappa shape index (κ1) is 13.7. The molecule has 0 unspecified atom stereocenters. The summed E-state index contributed by atoms with van der Waals surface area (Å²) in [6.07, 6.45) is 9.81.